The number of hydrogen-bond acceptors (Lipinski definition) is 3. The maximum Gasteiger partial charge on any atom is 0.223 e. The molecule has 128 valence electrons. The summed E-state index contributed by atoms with van der Waals surface area (Å²) in [6, 6.07) is 2.09. The predicted molar refractivity (Wildman–Crippen MR) is 90.5 cm³/mol. The van der Waals surface area contributed by atoms with Crippen LogP contribution in [0.2, 0.25) is 0 Å². The number of nitrogens with zero attached hydrogens (tertiary/aromatic N) is 4. The molecule has 1 aliphatic carbocycles. The zero-order valence-corrected chi connectivity index (χ0v) is 14.3. The van der Waals surface area contributed by atoms with E-state index in [9.17, 15) is 4.79 Å². The highest BCUT2D eigenvalue weighted by Crippen LogP contribution is 2.23. The summed E-state index contributed by atoms with van der Waals surface area (Å²) in [7, 11) is 0. The fourth-order valence-electron chi connectivity index (χ4n) is 3.96. The molecule has 0 atom stereocenters. The van der Waals surface area contributed by atoms with E-state index >= 15 is 0 Å². The predicted octanol–water partition coefficient (Wildman–Crippen LogP) is 2.16. The van der Waals surface area contributed by atoms with Gasteiger partial charge >= 0.3 is 0 Å². The summed E-state index contributed by atoms with van der Waals surface area (Å²) in [5.74, 6) is 0.231. The molecule has 0 saturated heterocycles. The summed E-state index contributed by atoms with van der Waals surface area (Å²) < 4.78 is 2.05. The lowest BCUT2D eigenvalue weighted by atomic mass is 9.94. The molecule has 3 heterocycles. The smallest absolute Gasteiger partial charge is 0.223 e. The molecule has 0 spiro atoms. The van der Waals surface area contributed by atoms with E-state index in [1.807, 2.05) is 16.5 Å². The van der Waals surface area contributed by atoms with Gasteiger partial charge in [0.1, 0.15) is 0 Å². The number of H-pyrrole nitrogens is 1. The minimum absolute atomic E-state index is 0.231. The maximum atomic E-state index is 12.7. The van der Waals surface area contributed by atoms with Gasteiger partial charge in [0.15, 0.2) is 0 Å². The number of rotatable bonds is 3. The fraction of sp³-hybridized carbons (Fsp3) is 0.611. The first kappa shape index (κ1) is 15.4. The van der Waals surface area contributed by atoms with Gasteiger partial charge in [0, 0.05) is 31.6 Å². The molecule has 2 aliphatic rings. The first-order valence-corrected chi connectivity index (χ1v) is 9.07. The molecule has 2 aromatic rings. The summed E-state index contributed by atoms with van der Waals surface area (Å²) in [4.78, 5) is 14.7. The number of carbonyl (C=O) groups excluding carboxylic acids is 1. The molecular formula is C18H25N5O. The summed E-state index contributed by atoms with van der Waals surface area (Å²) in [5.41, 5.74) is 5.95. The number of aryl methyl sites for hydroxylation is 4. The minimum atomic E-state index is 0.231. The van der Waals surface area contributed by atoms with Crippen LogP contribution < -0.4 is 0 Å². The molecule has 0 radical (unpaired) electrons. The molecule has 0 unspecified atom stereocenters. The number of carbonyl (C=O) groups is 1. The van der Waals surface area contributed by atoms with Crippen LogP contribution in [0.15, 0.2) is 6.07 Å². The third-order valence-corrected chi connectivity index (χ3v) is 5.21. The van der Waals surface area contributed by atoms with E-state index in [-0.39, 0.29) is 5.91 Å². The molecule has 6 nitrogen and oxygen atoms in total. The second-order valence-electron chi connectivity index (χ2n) is 7.00. The van der Waals surface area contributed by atoms with Crippen LogP contribution in [0, 0.1) is 6.92 Å². The molecular weight excluding hydrogens is 302 g/mol. The molecule has 0 bridgehead atoms. The van der Waals surface area contributed by atoms with Crippen LogP contribution in [-0.2, 0) is 37.1 Å². The summed E-state index contributed by atoms with van der Waals surface area (Å²) in [5, 5.41) is 12.1. The van der Waals surface area contributed by atoms with Crippen LogP contribution >= 0.6 is 0 Å². The Hall–Kier alpha value is -2.11. The zero-order chi connectivity index (χ0) is 16.5. The van der Waals surface area contributed by atoms with E-state index in [4.69, 9.17) is 0 Å². The number of fused-ring (bicyclic) bond motifs is 2. The Bertz CT molecular complexity index is 745. The molecule has 0 aromatic carbocycles. The van der Waals surface area contributed by atoms with Gasteiger partial charge < -0.3 is 4.90 Å². The van der Waals surface area contributed by atoms with E-state index in [2.05, 4.69) is 21.4 Å². The Kier molecular flexibility index (Phi) is 4.12. The Morgan fingerprint density at radius 1 is 1.25 bits per heavy atom. The van der Waals surface area contributed by atoms with Crippen LogP contribution in [0.5, 0.6) is 0 Å². The monoisotopic (exact) mass is 327 g/mol. The molecule has 6 heteroatoms. The third-order valence-electron chi connectivity index (χ3n) is 5.21. The van der Waals surface area contributed by atoms with Crippen molar-refractivity contribution in [1.82, 2.24) is 24.9 Å². The summed E-state index contributed by atoms with van der Waals surface area (Å²) in [6.07, 6.45) is 6.96. The average molecular weight is 327 g/mol. The molecule has 2 aromatic heterocycles. The lowest BCUT2D eigenvalue weighted by Crippen LogP contribution is -2.31. The second kappa shape index (κ2) is 6.42. The van der Waals surface area contributed by atoms with Gasteiger partial charge in [0.2, 0.25) is 5.91 Å². The Morgan fingerprint density at radius 3 is 3.04 bits per heavy atom. The van der Waals surface area contributed by atoms with Crippen LogP contribution in [-0.4, -0.2) is 37.3 Å². The van der Waals surface area contributed by atoms with Gasteiger partial charge in [0.05, 0.1) is 23.6 Å². The topological polar surface area (TPSA) is 66.8 Å². The summed E-state index contributed by atoms with van der Waals surface area (Å²) in [6.45, 7) is 4.41. The van der Waals surface area contributed by atoms with Crippen molar-refractivity contribution in [3.8, 4) is 0 Å². The molecule has 0 fully saturated rings. The number of aromatic nitrogens is 4. The van der Waals surface area contributed by atoms with Gasteiger partial charge in [-0.25, -0.2) is 0 Å². The zero-order valence-electron chi connectivity index (χ0n) is 14.3. The van der Waals surface area contributed by atoms with Gasteiger partial charge in [-0.3, -0.25) is 14.6 Å². The van der Waals surface area contributed by atoms with Crippen molar-refractivity contribution in [2.75, 3.05) is 6.54 Å². The van der Waals surface area contributed by atoms with E-state index < -0.39 is 0 Å². The van der Waals surface area contributed by atoms with E-state index in [0.29, 0.717) is 13.0 Å². The molecule has 4 rings (SSSR count). The van der Waals surface area contributed by atoms with Crippen LogP contribution in [0.4, 0.5) is 0 Å². The highest BCUT2D eigenvalue weighted by Gasteiger charge is 2.22. The van der Waals surface area contributed by atoms with Crippen molar-refractivity contribution in [2.24, 2.45) is 0 Å². The average Bonchev–Trinajstić information content (AvgIpc) is 3.09. The molecule has 24 heavy (non-hydrogen) atoms. The van der Waals surface area contributed by atoms with Crippen molar-refractivity contribution in [3.63, 3.8) is 0 Å². The lowest BCUT2D eigenvalue weighted by Gasteiger charge is -2.20. The second-order valence-corrected chi connectivity index (χ2v) is 7.00. The number of nitrogens with one attached hydrogen (secondary N) is 1. The Balaban J connectivity index is 1.40. The van der Waals surface area contributed by atoms with Gasteiger partial charge in [-0.1, -0.05) is 0 Å². The number of aromatic amines is 1. The standard InChI is InChI=1S/C18H25N5O/c1-13-11-14-12-22(9-4-10-23(14)21-13)18(24)8-7-17-15-5-2-3-6-16(15)19-20-17/h11H,2-10,12H2,1H3,(H,19,20). The largest absolute Gasteiger partial charge is 0.337 e. The van der Waals surface area contributed by atoms with E-state index in [1.54, 1.807) is 0 Å². The van der Waals surface area contributed by atoms with Gasteiger partial charge in [-0.15, -0.1) is 0 Å². The van der Waals surface area contributed by atoms with Gasteiger partial charge in [-0.05, 0) is 50.7 Å². The molecule has 1 aliphatic heterocycles. The van der Waals surface area contributed by atoms with Gasteiger partial charge in [-0.2, -0.15) is 10.2 Å². The first-order chi connectivity index (χ1) is 11.7. The van der Waals surface area contributed by atoms with Crippen molar-refractivity contribution in [1.29, 1.82) is 0 Å². The van der Waals surface area contributed by atoms with Crippen molar-refractivity contribution >= 4 is 5.91 Å². The first-order valence-electron chi connectivity index (χ1n) is 9.07. The van der Waals surface area contributed by atoms with Crippen molar-refractivity contribution in [2.45, 2.75) is 65.0 Å². The number of hydrogen-bond donors (Lipinski definition) is 1. The van der Waals surface area contributed by atoms with E-state index in [0.717, 1.165) is 55.9 Å². The van der Waals surface area contributed by atoms with Gasteiger partial charge in [0.25, 0.3) is 0 Å². The van der Waals surface area contributed by atoms with Crippen molar-refractivity contribution < 1.29 is 4.79 Å². The van der Waals surface area contributed by atoms with Crippen molar-refractivity contribution in [3.05, 3.63) is 34.4 Å². The SMILES string of the molecule is Cc1cc2n(n1)CCCN(C(=O)CCc1n[nH]c3c1CCCC3)C2. The normalized spacial score (nSPS) is 17.3. The molecule has 1 N–H and O–H groups in total. The minimum Gasteiger partial charge on any atom is -0.337 e. The Morgan fingerprint density at radius 2 is 2.12 bits per heavy atom. The van der Waals surface area contributed by atoms with Crippen LogP contribution in [0.1, 0.15) is 54.0 Å². The number of amides is 1. The third kappa shape index (κ3) is 2.97. The lowest BCUT2D eigenvalue weighted by molar-refractivity contribution is -0.131. The Labute approximate surface area is 142 Å². The highest BCUT2D eigenvalue weighted by molar-refractivity contribution is 5.76. The van der Waals surface area contributed by atoms with Crippen LogP contribution in [0.25, 0.3) is 0 Å². The van der Waals surface area contributed by atoms with E-state index in [1.165, 1.54) is 24.1 Å². The quantitative estimate of drug-likeness (QED) is 0.939. The highest BCUT2D eigenvalue weighted by atomic mass is 16.2. The maximum absolute atomic E-state index is 12.7. The molecule has 1 amide bonds. The molecule has 0 saturated carbocycles. The fourth-order valence-corrected chi connectivity index (χ4v) is 3.96. The summed E-state index contributed by atoms with van der Waals surface area (Å²) >= 11 is 0. The van der Waals surface area contributed by atoms with Crippen LogP contribution in [0.3, 0.4) is 0 Å².